The van der Waals surface area contributed by atoms with Crippen LogP contribution < -0.4 is 11.1 Å². The molecule has 3 N–H and O–H groups in total. The molecule has 0 fully saturated rings. The molecule has 0 aliphatic rings. The van der Waals surface area contributed by atoms with Crippen molar-refractivity contribution in [2.24, 2.45) is 5.73 Å². The number of ether oxygens (including phenoxy) is 1. The second-order valence-electron chi connectivity index (χ2n) is 1.66. The van der Waals surface area contributed by atoms with Gasteiger partial charge in [0.05, 0.1) is 6.61 Å². The van der Waals surface area contributed by atoms with Crippen molar-refractivity contribution < 1.29 is 14.3 Å². The average Bonchev–Trinajstić information content (AvgIpc) is 1.86. The van der Waals surface area contributed by atoms with Crippen molar-refractivity contribution in [2.45, 2.75) is 12.3 Å². The average molecular weight is 178 g/mol. The van der Waals surface area contributed by atoms with Crippen LogP contribution in [-0.4, -0.2) is 24.0 Å². The van der Waals surface area contributed by atoms with Crippen molar-refractivity contribution in [3.8, 4) is 0 Å². The van der Waals surface area contributed by atoms with Gasteiger partial charge in [-0.25, -0.2) is 9.59 Å². The number of nitrogens with two attached hydrogens (primary N) is 1. The largest absolute Gasteiger partial charge is 0.464 e. The third-order valence-electron chi connectivity index (χ3n) is 0.789. The summed E-state index contributed by atoms with van der Waals surface area (Å²) in [6.07, 6.45) is 0. The van der Waals surface area contributed by atoms with Gasteiger partial charge in [0.15, 0.2) is 5.37 Å². The lowest BCUT2D eigenvalue weighted by Crippen LogP contribution is -2.40. The van der Waals surface area contributed by atoms with E-state index in [2.05, 4.69) is 22.7 Å². The van der Waals surface area contributed by atoms with Gasteiger partial charge in [-0.15, -0.1) is 12.6 Å². The zero-order valence-electron chi connectivity index (χ0n) is 6.03. The number of urea groups is 1. The number of hydrogen-bond acceptors (Lipinski definition) is 4. The molecule has 0 rings (SSSR count). The smallest absolute Gasteiger partial charge is 0.339 e. The fourth-order valence-electron chi connectivity index (χ4n) is 0.415. The molecule has 64 valence electrons. The minimum atomic E-state index is -0.979. The van der Waals surface area contributed by atoms with Gasteiger partial charge < -0.3 is 15.8 Å². The highest BCUT2D eigenvalue weighted by atomic mass is 32.1. The van der Waals surface area contributed by atoms with Crippen LogP contribution >= 0.6 is 12.6 Å². The minimum absolute atomic E-state index is 0.246. The Morgan fingerprint density at radius 3 is 2.64 bits per heavy atom. The Bertz CT molecular complexity index is 162. The van der Waals surface area contributed by atoms with Gasteiger partial charge >= 0.3 is 12.0 Å². The first-order chi connectivity index (χ1) is 5.07. The highest BCUT2D eigenvalue weighted by Gasteiger charge is 2.15. The summed E-state index contributed by atoms with van der Waals surface area (Å²) in [7, 11) is 0. The molecule has 5 nitrogen and oxygen atoms in total. The summed E-state index contributed by atoms with van der Waals surface area (Å²) in [6.45, 7) is 1.90. The van der Waals surface area contributed by atoms with Crippen LogP contribution in [-0.2, 0) is 9.53 Å². The minimum Gasteiger partial charge on any atom is -0.464 e. The molecular weight excluding hydrogens is 168 g/mol. The second kappa shape index (κ2) is 4.84. The summed E-state index contributed by atoms with van der Waals surface area (Å²) in [5.74, 6) is -0.616. The third kappa shape index (κ3) is 4.49. The van der Waals surface area contributed by atoms with Gasteiger partial charge in [-0.05, 0) is 6.92 Å². The molecule has 0 aliphatic carbocycles. The molecule has 0 aliphatic heterocycles. The van der Waals surface area contributed by atoms with Gasteiger partial charge in [-0.2, -0.15) is 0 Å². The fourth-order valence-corrected chi connectivity index (χ4v) is 0.617. The molecule has 0 heterocycles. The Kier molecular flexibility index (Phi) is 4.44. The summed E-state index contributed by atoms with van der Waals surface area (Å²) >= 11 is 3.71. The van der Waals surface area contributed by atoms with Crippen molar-refractivity contribution in [1.29, 1.82) is 0 Å². The van der Waals surface area contributed by atoms with E-state index >= 15 is 0 Å². The molecule has 1 unspecified atom stereocenters. The Balaban J connectivity index is 3.73. The highest BCUT2D eigenvalue weighted by molar-refractivity contribution is 7.81. The first-order valence-corrected chi connectivity index (χ1v) is 3.50. The molecule has 0 radical (unpaired) electrons. The van der Waals surface area contributed by atoms with Crippen LogP contribution in [0.15, 0.2) is 0 Å². The highest BCUT2D eigenvalue weighted by Crippen LogP contribution is 1.92. The summed E-state index contributed by atoms with van der Waals surface area (Å²) in [4.78, 5) is 20.9. The molecule has 0 aromatic rings. The molecule has 1 atom stereocenters. The van der Waals surface area contributed by atoms with Gasteiger partial charge in [0, 0.05) is 0 Å². The van der Waals surface area contributed by atoms with Crippen molar-refractivity contribution >= 4 is 24.6 Å². The SMILES string of the molecule is CCOC(=O)C(S)NC(N)=O. The van der Waals surface area contributed by atoms with Crippen molar-refractivity contribution in [2.75, 3.05) is 6.61 Å². The number of nitrogens with one attached hydrogen (secondary N) is 1. The topological polar surface area (TPSA) is 81.4 Å². The zero-order chi connectivity index (χ0) is 8.85. The predicted octanol–water partition coefficient (Wildman–Crippen LogP) is -0.526. The normalized spacial score (nSPS) is 11.8. The predicted molar refractivity (Wildman–Crippen MR) is 42.1 cm³/mol. The Morgan fingerprint density at radius 2 is 2.27 bits per heavy atom. The van der Waals surface area contributed by atoms with Crippen LogP contribution in [0.25, 0.3) is 0 Å². The van der Waals surface area contributed by atoms with Crippen LogP contribution in [0.1, 0.15) is 6.92 Å². The van der Waals surface area contributed by atoms with E-state index in [9.17, 15) is 9.59 Å². The number of primary amides is 1. The van der Waals surface area contributed by atoms with Gasteiger partial charge in [0.2, 0.25) is 0 Å². The first-order valence-electron chi connectivity index (χ1n) is 2.98. The molecule has 0 spiro atoms. The van der Waals surface area contributed by atoms with E-state index in [1.807, 2.05) is 0 Å². The van der Waals surface area contributed by atoms with Gasteiger partial charge in [-0.1, -0.05) is 0 Å². The van der Waals surface area contributed by atoms with Crippen molar-refractivity contribution in [1.82, 2.24) is 5.32 Å². The number of thiol groups is 1. The van der Waals surface area contributed by atoms with E-state index < -0.39 is 17.4 Å². The number of esters is 1. The molecule has 11 heavy (non-hydrogen) atoms. The van der Waals surface area contributed by atoms with E-state index in [1.165, 1.54) is 0 Å². The van der Waals surface area contributed by atoms with Crippen molar-refractivity contribution in [3.05, 3.63) is 0 Å². The maximum atomic E-state index is 10.7. The molecule has 2 amide bonds. The third-order valence-corrected chi connectivity index (χ3v) is 1.13. The zero-order valence-corrected chi connectivity index (χ0v) is 6.93. The number of carbonyl (C=O) groups is 2. The van der Waals surface area contributed by atoms with Crippen LogP contribution in [0.4, 0.5) is 4.79 Å². The number of hydrogen-bond donors (Lipinski definition) is 3. The van der Waals surface area contributed by atoms with Crippen molar-refractivity contribution in [3.63, 3.8) is 0 Å². The van der Waals surface area contributed by atoms with E-state index in [1.54, 1.807) is 6.92 Å². The molecule has 0 bridgehead atoms. The Hall–Kier alpha value is -0.910. The van der Waals surface area contributed by atoms with Gasteiger partial charge in [0.1, 0.15) is 0 Å². The second-order valence-corrected chi connectivity index (χ2v) is 2.18. The maximum Gasteiger partial charge on any atom is 0.339 e. The quantitative estimate of drug-likeness (QED) is 0.309. The molecule has 0 saturated carbocycles. The molecule has 0 saturated heterocycles. The number of carbonyl (C=O) groups excluding carboxylic acids is 2. The van der Waals surface area contributed by atoms with E-state index in [0.717, 1.165) is 0 Å². The Labute approximate surface area is 69.7 Å². The summed E-state index contributed by atoms with van der Waals surface area (Å²) in [5, 5.41) is 1.08. The summed E-state index contributed by atoms with van der Waals surface area (Å²) in [5.41, 5.74) is 4.72. The van der Waals surface area contributed by atoms with Crippen LogP contribution in [0.5, 0.6) is 0 Å². The Morgan fingerprint density at radius 1 is 1.73 bits per heavy atom. The summed E-state index contributed by atoms with van der Waals surface area (Å²) in [6, 6.07) is -0.807. The number of rotatable bonds is 3. The fraction of sp³-hybridized carbons (Fsp3) is 0.600. The molecule has 6 heteroatoms. The first kappa shape index (κ1) is 10.1. The molecule has 0 aromatic carbocycles. The van der Waals surface area contributed by atoms with E-state index in [-0.39, 0.29) is 6.61 Å². The number of amides is 2. The lowest BCUT2D eigenvalue weighted by Gasteiger charge is -2.08. The lowest BCUT2D eigenvalue weighted by molar-refractivity contribution is -0.142. The van der Waals surface area contributed by atoms with E-state index in [0.29, 0.717) is 0 Å². The standard InChI is InChI=1S/C5H10N2O3S/c1-2-10-4(8)3(11)7-5(6)9/h3,11H,2H2,1H3,(H3,6,7,9). The van der Waals surface area contributed by atoms with E-state index in [4.69, 9.17) is 5.73 Å². The lowest BCUT2D eigenvalue weighted by atomic mass is 10.6. The molecule has 0 aromatic heterocycles. The van der Waals surface area contributed by atoms with Gasteiger partial charge in [-0.3, -0.25) is 0 Å². The van der Waals surface area contributed by atoms with Crippen LogP contribution in [0.3, 0.4) is 0 Å². The van der Waals surface area contributed by atoms with Crippen LogP contribution in [0, 0.1) is 0 Å². The maximum absolute atomic E-state index is 10.7. The van der Waals surface area contributed by atoms with Crippen LogP contribution in [0.2, 0.25) is 0 Å². The molecular formula is C5H10N2O3S. The summed E-state index contributed by atoms with van der Waals surface area (Å²) < 4.78 is 4.52. The van der Waals surface area contributed by atoms with Gasteiger partial charge in [0.25, 0.3) is 0 Å². The monoisotopic (exact) mass is 178 g/mol.